The second kappa shape index (κ2) is 8.99. The fourth-order valence-electron chi connectivity index (χ4n) is 0. The number of hydrogen-bond donors (Lipinski definition) is 1. The van der Waals surface area contributed by atoms with E-state index < -0.39 is 0 Å². The Morgan fingerprint density at radius 3 is 1.75 bits per heavy atom. The molecule has 0 unspecified atom stereocenters. The molecule has 6 radical (unpaired) electrons. The fraction of sp³-hybridized carbons (Fsp3) is 0. The molecule has 4 heavy (non-hydrogen) atoms. The van der Waals surface area contributed by atoms with Gasteiger partial charge in [-0.05, 0) is 0 Å². The van der Waals surface area contributed by atoms with Crippen molar-refractivity contribution in [1.29, 1.82) is 0 Å². The Labute approximate surface area is 44.4 Å². The van der Waals surface area contributed by atoms with E-state index in [-0.39, 0.29) is 17.4 Å². The lowest BCUT2D eigenvalue weighted by atomic mass is 9.79. The Morgan fingerprint density at radius 1 is 1.75 bits per heavy atom. The molecule has 0 heterocycles. The van der Waals surface area contributed by atoms with Crippen molar-refractivity contribution in [3.8, 4) is 0 Å². The first-order valence-corrected chi connectivity index (χ1v) is 1.11. The normalized spacial score (nSPS) is 3.25. The van der Waals surface area contributed by atoms with Crippen molar-refractivity contribution in [3.63, 3.8) is 0 Å². The molecular weight excluding hydrogens is 80.7 g/mol. The zero-order valence-electron chi connectivity index (χ0n) is 2.18. The van der Waals surface area contributed by atoms with Crippen LogP contribution in [-0.4, -0.2) is 31.5 Å². The first-order chi connectivity index (χ1) is 1.41. The third kappa shape index (κ3) is 11.9. The van der Waals surface area contributed by atoms with Crippen LogP contribution in [0.4, 0.5) is 0 Å². The quantitative estimate of drug-likeness (QED) is 0.288. The summed E-state index contributed by atoms with van der Waals surface area (Å²) >= 11 is 3.44. The maximum Gasteiger partial charge on any atom is 0.130 e. The molecular formula is HAlB2S. The molecule has 0 aliphatic carbocycles. The lowest BCUT2D eigenvalue weighted by Crippen LogP contribution is -1.62. The average molecular weight is 81.7 g/mol. The minimum atomic E-state index is 0. The molecule has 0 aromatic carbocycles. The molecule has 0 aliphatic rings. The monoisotopic (exact) mass is 82.0 g/mol. The van der Waals surface area contributed by atoms with E-state index in [0.29, 0.717) is 0 Å². The molecule has 4 heteroatoms. The Bertz CT molecular complexity index is 6.00. The van der Waals surface area contributed by atoms with E-state index in [1.54, 1.807) is 0 Å². The van der Waals surface area contributed by atoms with Crippen molar-refractivity contribution in [2.45, 2.75) is 0 Å². The molecule has 0 amide bonds. The van der Waals surface area contributed by atoms with Gasteiger partial charge in [-0.1, -0.05) is 0 Å². The van der Waals surface area contributed by atoms with E-state index in [1.807, 2.05) is 0 Å². The van der Waals surface area contributed by atoms with Gasteiger partial charge in [0.05, 0.1) is 0 Å². The highest BCUT2D eigenvalue weighted by atomic mass is 32.1. The van der Waals surface area contributed by atoms with Gasteiger partial charge in [-0.2, -0.15) is 0 Å². The highest BCUT2D eigenvalue weighted by Crippen LogP contribution is 1.44. The van der Waals surface area contributed by atoms with Gasteiger partial charge in [-0.25, -0.2) is 12.5 Å². The van der Waals surface area contributed by atoms with E-state index in [0.717, 1.165) is 0 Å². The van der Waals surface area contributed by atoms with E-state index in [2.05, 4.69) is 20.2 Å². The van der Waals surface area contributed by atoms with Crippen molar-refractivity contribution in [1.82, 2.24) is 0 Å². The average Bonchev–Trinajstić information content (AvgIpc) is 0.918. The Morgan fingerprint density at radius 2 is 1.75 bits per heavy atom. The van der Waals surface area contributed by atoms with E-state index >= 15 is 0 Å². The van der Waals surface area contributed by atoms with Crippen LogP contribution in [0.1, 0.15) is 0 Å². The first kappa shape index (κ1) is 8.89. The van der Waals surface area contributed by atoms with Crippen LogP contribution >= 0.6 is 12.5 Å². The standard InChI is InChI=1S/Al.B2HS/c;1-2-3/h;3H. The zero-order chi connectivity index (χ0) is 2.71. The van der Waals surface area contributed by atoms with Gasteiger partial charge >= 0.3 is 0 Å². The van der Waals surface area contributed by atoms with Crippen molar-refractivity contribution in [2.24, 2.45) is 0 Å². The van der Waals surface area contributed by atoms with Crippen LogP contribution in [0.25, 0.3) is 0 Å². The molecule has 0 spiro atoms. The third-order valence-corrected chi connectivity index (χ3v) is 0. The maximum atomic E-state index is 4.59. The van der Waals surface area contributed by atoms with Crippen LogP contribution in [-0.2, 0) is 0 Å². The molecule has 0 aliphatic heterocycles. The predicted molar refractivity (Wildman–Crippen MR) is 26.2 cm³/mol. The van der Waals surface area contributed by atoms with Gasteiger partial charge in [-0.3, -0.25) is 0 Å². The fourth-order valence-corrected chi connectivity index (χ4v) is 0. The van der Waals surface area contributed by atoms with Gasteiger partial charge in [0.25, 0.3) is 0 Å². The Hall–Kier alpha value is 1.01. The minimum absolute atomic E-state index is 0. The second-order valence-electron chi connectivity index (χ2n) is 0.149. The van der Waals surface area contributed by atoms with Crippen molar-refractivity contribution in [2.75, 3.05) is 0 Å². The van der Waals surface area contributed by atoms with Gasteiger partial charge in [0.1, 0.15) is 6.45 Å². The molecule has 0 aromatic heterocycles. The van der Waals surface area contributed by atoms with E-state index in [4.69, 9.17) is 0 Å². The van der Waals surface area contributed by atoms with E-state index in [9.17, 15) is 0 Å². The number of thiol groups is 1. The SMILES string of the molecule is [Al].[B][B]S. The number of rotatable bonds is 0. The summed E-state index contributed by atoms with van der Waals surface area (Å²) in [4.78, 5) is 0. The van der Waals surface area contributed by atoms with E-state index in [1.165, 1.54) is 6.45 Å². The number of hydrogen-bond acceptors (Lipinski definition) is 1. The highest BCUT2D eigenvalue weighted by Gasteiger charge is 1.44. The topological polar surface area (TPSA) is 0 Å². The summed E-state index contributed by atoms with van der Waals surface area (Å²) in [6, 6.07) is 0. The second-order valence-corrected chi connectivity index (χ2v) is 0.447. The molecule has 0 N–H and O–H groups in total. The lowest BCUT2D eigenvalue weighted by Gasteiger charge is -1.42. The van der Waals surface area contributed by atoms with Gasteiger partial charge in [0.15, 0.2) is 0 Å². The maximum absolute atomic E-state index is 4.59. The van der Waals surface area contributed by atoms with Gasteiger partial charge in [0.2, 0.25) is 0 Å². The third-order valence-electron chi connectivity index (χ3n) is 0. The Balaban J connectivity index is 0. The van der Waals surface area contributed by atoms with Crippen LogP contribution in [0.3, 0.4) is 0 Å². The van der Waals surface area contributed by atoms with Crippen molar-refractivity contribution in [3.05, 3.63) is 0 Å². The summed E-state index contributed by atoms with van der Waals surface area (Å²) in [7, 11) is 4.59. The van der Waals surface area contributed by atoms with Crippen LogP contribution in [0.2, 0.25) is 0 Å². The summed E-state index contributed by atoms with van der Waals surface area (Å²) in [5.74, 6) is 0. The molecule has 0 nitrogen and oxygen atoms in total. The zero-order valence-corrected chi connectivity index (χ0v) is 4.23. The Kier molecular flexibility index (Phi) is 20.0. The highest BCUT2D eigenvalue weighted by molar-refractivity contribution is 8.11. The van der Waals surface area contributed by atoms with Gasteiger partial charge < -0.3 is 0 Å². The summed E-state index contributed by atoms with van der Waals surface area (Å²) in [5.41, 5.74) is 0. The molecule has 0 aromatic rings. The smallest absolute Gasteiger partial charge is 0.130 e. The molecule has 16 valence electrons. The van der Waals surface area contributed by atoms with Crippen LogP contribution in [0.15, 0.2) is 0 Å². The summed E-state index contributed by atoms with van der Waals surface area (Å²) < 4.78 is 0. The summed E-state index contributed by atoms with van der Waals surface area (Å²) in [6.07, 6.45) is 1.19. The molecule has 0 atom stereocenters. The van der Waals surface area contributed by atoms with Crippen LogP contribution in [0, 0.1) is 0 Å². The van der Waals surface area contributed by atoms with Crippen molar-refractivity contribution >= 4 is 44.0 Å². The van der Waals surface area contributed by atoms with Gasteiger partial charge in [-0.15, -0.1) is 0 Å². The predicted octanol–water partition coefficient (Wildman–Crippen LogP) is -0.762. The minimum Gasteiger partial charge on any atom is -0.246 e. The molecule has 0 rings (SSSR count). The van der Waals surface area contributed by atoms with Gasteiger partial charge in [0, 0.05) is 25.1 Å². The van der Waals surface area contributed by atoms with Crippen molar-refractivity contribution < 1.29 is 0 Å². The van der Waals surface area contributed by atoms with Crippen LogP contribution in [0.5, 0.6) is 0 Å². The molecule has 0 bridgehead atoms. The largest absolute Gasteiger partial charge is 0.246 e. The molecule has 0 saturated heterocycles. The molecule has 0 fully saturated rings. The summed E-state index contributed by atoms with van der Waals surface area (Å²) in [6.45, 7) is 0. The van der Waals surface area contributed by atoms with Crippen LogP contribution < -0.4 is 0 Å². The molecule has 0 saturated carbocycles. The lowest BCUT2D eigenvalue weighted by molar-refractivity contribution is 4.57. The summed E-state index contributed by atoms with van der Waals surface area (Å²) in [5, 5.41) is 0. The first-order valence-electron chi connectivity index (χ1n) is 0.592.